The van der Waals surface area contributed by atoms with Crippen molar-refractivity contribution in [2.24, 2.45) is 0 Å². The maximum Gasteiger partial charge on any atom is 0.185 e. The van der Waals surface area contributed by atoms with Gasteiger partial charge in [0.25, 0.3) is 0 Å². The number of benzene rings is 1. The highest BCUT2D eigenvalue weighted by atomic mass is 19.1. The molecule has 0 radical (unpaired) electrons. The molecule has 4 heteroatoms. The van der Waals surface area contributed by atoms with E-state index in [0.29, 0.717) is 18.3 Å². The summed E-state index contributed by atoms with van der Waals surface area (Å²) in [6.45, 7) is 2.49. The Balaban J connectivity index is 2.86. The molecule has 0 bridgehead atoms. The van der Waals surface area contributed by atoms with Crippen LogP contribution < -0.4 is 0 Å². The molecule has 1 aromatic carbocycles. The van der Waals surface area contributed by atoms with Crippen molar-refractivity contribution in [3.63, 3.8) is 0 Å². The summed E-state index contributed by atoms with van der Waals surface area (Å²) in [5.41, 5.74) is 0.922. The fourth-order valence-corrected chi connectivity index (χ4v) is 1.55. The number of aldehydes is 1. The Labute approximate surface area is 80.2 Å². The lowest BCUT2D eigenvalue weighted by Gasteiger charge is -1.99. The van der Waals surface area contributed by atoms with Gasteiger partial charge >= 0.3 is 0 Å². The molecule has 0 aliphatic heterocycles. The second-order valence-electron chi connectivity index (χ2n) is 2.94. The zero-order chi connectivity index (χ0) is 10.1. The average Bonchev–Trinajstić information content (AvgIpc) is 2.57. The Morgan fingerprint density at radius 1 is 1.57 bits per heavy atom. The molecule has 0 aliphatic rings. The van der Waals surface area contributed by atoms with Gasteiger partial charge in [0.2, 0.25) is 0 Å². The average molecular weight is 192 g/mol. The summed E-state index contributed by atoms with van der Waals surface area (Å²) in [6.07, 6.45) is 0.642. The molecule has 0 N–H and O–H groups in total. The lowest BCUT2D eigenvalue weighted by atomic mass is 10.3. The molecule has 0 unspecified atom stereocenters. The largest absolute Gasteiger partial charge is 0.322 e. The number of halogens is 1. The van der Waals surface area contributed by atoms with E-state index in [1.54, 1.807) is 16.7 Å². The highest BCUT2D eigenvalue weighted by molar-refractivity contribution is 5.83. The van der Waals surface area contributed by atoms with Crippen molar-refractivity contribution in [2.75, 3.05) is 0 Å². The van der Waals surface area contributed by atoms with Crippen LogP contribution in [-0.2, 0) is 6.54 Å². The van der Waals surface area contributed by atoms with Gasteiger partial charge in [0.05, 0.1) is 5.52 Å². The monoisotopic (exact) mass is 192 g/mol. The van der Waals surface area contributed by atoms with Crippen molar-refractivity contribution in [1.29, 1.82) is 0 Å². The van der Waals surface area contributed by atoms with Crippen LogP contribution >= 0.6 is 0 Å². The number of aromatic nitrogens is 2. The maximum absolute atomic E-state index is 13.3. The third kappa shape index (κ3) is 1.11. The van der Waals surface area contributed by atoms with E-state index in [9.17, 15) is 9.18 Å². The van der Waals surface area contributed by atoms with Crippen molar-refractivity contribution >= 4 is 17.3 Å². The highest BCUT2D eigenvalue weighted by Crippen LogP contribution is 2.17. The number of carbonyl (C=O) groups excluding carboxylic acids is 1. The van der Waals surface area contributed by atoms with Gasteiger partial charge < -0.3 is 4.57 Å². The molecular weight excluding hydrogens is 183 g/mol. The van der Waals surface area contributed by atoms with E-state index in [1.807, 2.05) is 6.92 Å². The molecule has 0 spiro atoms. The maximum atomic E-state index is 13.3. The third-order valence-electron chi connectivity index (χ3n) is 2.18. The number of rotatable bonds is 2. The van der Waals surface area contributed by atoms with Gasteiger partial charge in [-0.2, -0.15) is 0 Å². The molecule has 1 heterocycles. The number of hydrogen-bond donors (Lipinski definition) is 0. The molecule has 0 amide bonds. The summed E-state index contributed by atoms with van der Waals surface area (Å²) in [6, 6.07) is 4.70. The fraction of sp³-hybridized carbons (Fsp3) is 0.200. The van der Waals surface area contributed by atoms with Gasteiger partial charge in [-0.25, -0.2) is 9.37 Å². The van der Waals surface area contributed by atoms with Crippen molar-refractivity contribution in [1.82, 2.24) is 9.55 Å². The quantitative estimate of drug-likeness (QED) is 0.682. The van der Waals surface area contributed by atoms with Gasteiger partial charge in [0.15, 0.2) is 17.9 Å². The van der Waals surface area contributed by atoms with Crippen LogP contribution in [0.5, 0.6) is 0 Å². The van der Waals surface area contributed by atoms with Crippen LogP contribution in [0, 0.1) is 5.82 Å². The van der Waals surface area contributed by atoms with Crippen LogP contribution in [0.2, 0.25) is 0 Å². The van der Waals surface area contributed by atoms with Crippen LogP contribution in [0.1, 0.15) is 17.5 Å². The van der Waals surface area contributed by atoms with E-state index in [2.05, 4.69) is 4.98 Å². The van der Waals surface area contributed by atoms with E-state index in [1.165, 1.54) is 6.07 Å². The molecule has 3 nitrogen and oxygen atoms in total. The van der Waals surface area contributed by atoms with Gasteiger partial charge in [-0.05, 0) is 19.1 Å². The second kappa shape index (κ2) is 3.21. The highest BCUT2D eigenvalue weighted by Gasteiger charge is 2.10. The fourth-order valence-electron chi connectivity index (χ4n) is 1.55. The van der Waals surface area contributed by atoms with Gasteiger partial charge in [0, 0.05) is 6.54 Å². The number of hydrogen-bond acceptors (Lipinski definition) is 2. The smallest absolute Gasteiger partial charge is 0.185 e. The van der Waals surface area contributed by atoms with E-state index < -0.39 is 5.82 Å². The van der Waals surface area contributed by atoms with Gasteiger partial charge in [0.1, 0.15) is 5.52 Å². The molecule has 2 aromatic rings. The minimum Gasteiger partial charge on any atom is -0.322 e. The van der Waals surface area contributed by atoms with Crippen LogP contribution in [0.25, 0.3) is 11.0 Å². The zero-order valence-corrected chi connectivity index (χ0v) is 7.70. The van der Waals surface area contributed by atoms with Gasteiger partial charge in [-0.1, -0.05) is 6.07 Å². The van der Waals surface area contributed by atoms with E-state index in [-0.39, 0.29) is 11.3 Å². The Morgan fingerprint density at radius 3 is 3.00 bits per heavy atom. The number of aryl methyl sites for hydroxylation is 1. The molecule has 14 heavy (non-hydrogen) atoms. The molecule has 72 valence electrons. The lowest BCUT2D eigenvalue weighted by Crippen LogP contribution is -1.99. The second-order valence-corrected chi connectivity index (χ2v) is 2.94. The SMILES string of the molecule is CCn1c(C=O)nc2c(F)cccc21. The van der Waals surface area contributed by atoms with E-state index in [4.69, 9.17) is 0 Å². The molecule has 0 atom stereocenters. The standard InChI is InChI=1S/C10H9FN2O/c1-2-13-8-5-3-4-7(11)10(8)12-9(13)6-14/h3-6H,2H2,1H3. The molecular formula is C10H9FN2O. The first-order chi connectivity index (χ1) is 6.77. The summed E-state index contributed by atoms with van der Waals surface area (Å²) in [4.78, 5) is 14.6. The topological polar surface area (TPSA) is 34.9 Å². The third-order valence-corrected chi connectivity index (χ3v) is 2.18. The predicted octanol–water partition coefficient (Wildman–Crippen LogP) is 2.01. The first kappa shape index (κ1) is 8.87. The Bertz CT molecular complexity index is 490. The summed E-state index contributed by atoms with van der Waals surface area (Å²) < 4.78 is 14.9. The number of imidazole rings is 1. The minimum absolute atomic E-state index is 0.261. The summed E-state index contributed by atoms with van der Waals surface area (Å²) in [5, 5.41) is 0. The summed E-state index contributed by atoms with van der Waals surface area (Å²) in [5.74, 6) is -0.120. The Morgan fingerprint density at radius 2 is 2.36 bits per heavy atom. The molecule has 2 rings (SSSR count). The minimum atomic E-state index is -0.391. The van der Waals surface area contributed by atoms with E-state index in [0.717, 1.165) is 0 Å². The van der Waals surface area contributed by atoms with Gasteiger partial charge in [-0.15, -0.1) is 0 Å². The normalized spacial score (nSPS) is 10.7. The number of nitrogens with zero attached hydrogens (tertiary/aromatic N) is 2. The molecule has 0 saturated carbocycles. The van der Waals surface area contributed by atoms with Gasteiger partial charge in [-0.3, -0.25) is 4.79 Å². The lowest BCUT2D eigenvalue weighted by molar-refractivity contribution is 0.111. The van der Waals surface area contributed by atoms with Crippen molar-refractivity contribution in [2.45, 2.75) is 13.5 Å². The van der Waals surface area contributed by atoms with Crippen LogP contribution in [0.15, 0.2) is 18.2 Å². The first-order valence-corrected chi connectivity index (χ1v) is 4.38. The number of para-hydroxylation sites is 1. The Kier molecular flexibility index (Phi) is 2.04. The van der Waals surface area contributed by atoms with Crippen molar-refractivity contribution < 1.29 is 9.18 Å². The van der Waals surface area contributed by atoms with Crippen molar-refractivity contribution in [3.05, 3.63) is 29.8 Å². The van der Waals surface area contributed by atoms with Crippen LogP contribution in [0.4, 0.5) is 4.39 Å². The molecule has 1 aromatic heterocycles. The summed E-state index contributed by atoms with van der Waals surface area (Å²) >= 11 is 0. The number of carbonyl (C=O) groups is 1. The van der Waals surface area contributed by atoms with E-state index >= 15 is 0 Å². The Hall–Kier alpha value is -1.71. The first-order valence-electron chi connectivity index (χ1n) is 4.38. The molecule has 0 aliphatic carbocycles. The molecule has 0 saturated heterocycles. The predicted molar refractivity (Wildman–Crippen MR) is 50.8 cm³/mol. The molecule has 0 fully saturated rings. The number of fused-ring (bicyclic) bond motifs is 1. The van der Waals surface area contributed by atoms with Crippen LogP contribution in [-0.4, -0.2) is 15.8 Å². The zero-order valence-electron chi connectivity index (χ0n) is 7.70. The van der Waals surface area contributed by atoms with Crippen molar-refractivity contribution in [3.8, 4) is 0 Å². The summed E-state index contributed by atoms with van der Waals surface area (Å²) in [7, 11) is 0. The van der Waals surface area contributed by atoms with Crippen LogP contribution in [0.3, 0.4) is 0 Å².